The largest absolute Gasteiger partial charge is 0.409 e. The van der Waals surface area contributed by atoms with Gasteiger partial charge in [0.2, 0.25) is 0 Å². The molecule has 19 heavy (non-hydrogen) atoms. The van der Waals surface area contributed by atoms with Gasteiger partial charge < -0.3 is 16.3 Å². The van der Waals surface area contributed by atoms with Gasteiger partial charge in [-0.05, 0) is 18.6 Å². The quantitative estimate of drug-likeness (QED) is 0.338. The molecular weight excluding hydrogens is 289 g/mol. The molecule has 1 rings (SSSR count). The number of benzene rings is 1. The number of oxime groups is 1. The van der Waals surface area contributed by atoms with Crippen LogP contribution in [0.4, 0.5) is 0 Å². The van der Waals surface area contributed by atoms with E-state index in [4.69, 9.17) is 34.1 Å². The molecule has 0 aliphatic rings. The second kappa shape index (κ2) is 7.21. The summed E-state index contributed by atoms with van der Waals surface area (Å²) in [6, 6.07) is 4.23. The Labute approximate surface area is 121 Å². The maximum atomic E-state index is 12.1. The van der Waals surface area contributed by atoms with Gasteiger partial charge in [-0.25, -0.2) is 0 Å². The van der Waals surface area contributed by atoms with Gasteiger partial charge >= 0.3 is 0 Å². The summed E-state index contributed by atoms with van der Waals surface area (Å²) in [4.78, 5) is 12.1. The predicted molar refractivity (Wildman–Crippen MR) is 76.0 cm³/mol. The third-order valence-electron chi connectivity index (χ3n) is 2.55. The number of nitrogens with two attached hydrogens (primary N) is 1. The van der Waals surface area contributed by atoms with Crippen molar-refractivity contribution in [2.45, 2.75) is 25.8 Å². The van der Waals surface area contributed by atoms with Crippen LogP contribution in [0.2, 0.25) is 10.0 Å². The van der Waals surface area contributed by atoms with E-state index in [9.17, 15) is 4.79 Å². The molecule has 0 spiro atoms. The van der Waals surface area contributed by atoms with Gasteiger partial charge in [-0.3, -0.25) is 4.79 Å². The van der Waals surface area contributed by atoms with Crippen LogP contribution >= 0.6 is 23.2 Å². The Hall–Kier alpha value is -1.46. The highest BCUT2D eigenvalue weighted by Crippen LogP contribution is 2.25. The highest BCUT2D eigenvalue weighted by atomic mass is 35.5. The average Bonchev–Trinajstić information content (AvgIpc) is 2.40. The normalized spacial score (nSPS) is 13.1. The Morgan fingerprint density at radius 3 is 2.79 bits per heavy atom. The highest BCUT2D eigenvalue weighted by molar-refractivity contribution is 6.43. The summed E-state index contributed by atoms with van der Waals surface area (Å²) in [5.74, 6) is -0.467. The summed E-state index contributed by atoms with van der Waals surface area (Å²) in [6.07, 6.45) is 1.32. The first-order valence-electron chi connectivity index (χ1n) is 5.73. The molecule has 0 aliphatic heterocycles. The summed E-state index contributed by atoms with van der Waals surface area (Å²) in [7, 11) is 0. The Morgan fingerprint density at radius 2 is 2.21 bits per heavy atom. The SMILES string of the molecule is CCCC(NC(=O)c1cccc(Cl)c1Cl)/C(N)=N/O. The number of halogens is 2. The fourth-order valence-corrected chi connectivity index (χ4v) is 1.95. The van der Waals surface area contributed by atoms with Gasteiger partial charge in [0.25, 0.3) is 5.91 Å². The second-order valence-corrected chi connectivity index (χ2v) is 4.73. The van der Waals surface area contributed by atoms with Crippen molar-refractivity contribution in [3.05, 3.63) is 33.8 Å². The number of carbonyl (C=O) groups is 1. The number of rotatable bonds is 5. The molecule has 0 fully saturated rings. The molecule has 5 nitrogen and oxygen atoms in total. The van der Waals surface area contributed by atoms with Gasteiger partial charge in [0, 0.05) is 0 Å². The maximum absolute atomic E-state index is 12.1. The number of hydrogen-bond acceptors (Lipinski definition) is 3. The van der Waals surface area contributed by atoms with E-state index in [-0.39, 0.29) is 16.4 Å². The number of nitrogens with one attached hydrogen (secondary N) is 1. The molecule has 104 valence electrons. The van der Waals surface area contributed by atoms with Crippen LogP contribution in [-0.2, 0) is 0 Å². The van der Waals surface area contributed by atoms with E-state index in [1.165, 1.54) is 0 Å². The molecule has 1 aromatic carbocycles. The predicted octanol–water partition coefficient (Wildman–Crippen LogP) is 2.64. The monoisotopic (exact) mass is 303 g/mol. The van der Waals surface area contributed by atoms with Crippen molar-refractivity contribution < 1.29 is 10.0 Å². The van der Waals surface area contributed by atoms with Crippen LogP contribution in [0.15, 0.2) is 23.4 Å². The molecule has 0 bridgehead atoms. The van der Waals surface area contributed by atoms with Crippen LogP contribution in [0.3, 0.4) is 0 Å². The van der Waals surface area contributed by atoms with Crippen molar-refractivity contribution in [2.24, 2.45) is 10.9 Å². The van der Waals surface area contributed by atoms with E-state index in [1.54, 1.807) is 18.2 Å². The molecule has 1 amide bonds. The number of nitrogens with zero attached hydrogens (tertiary/aromatic N) is 1. The zero-order chi connectivity index (χ0) is 14.4. The van der Waals surface area contributed by atoms with Gasteiger partial charge in [0.05, 0.1) is 21.7 Å². The number of hydrogen-bond donors (Lipinski definition) is 3. The molecule has 0 radical (unpaired) electrons. The Morgan fingerprint density at radius 1 is 1.53 bits per heavy atom. The van der Waals surface area contributed by atoms with Crippen molar-refractivity contribution in [1.82, 2.24) is 5.32 Å². The van der Waals surface area contributed by atoms with Crippen molar-refractivity contribution in [3.63, 3.8) is 0 Å². The Balaban J connectivity index is 2.91. The van der Waals surface area contributed by atoms with E-state index in [2.05, 4.69) is 10.5 Å². The third kappa shape index (κ3) is 4.01. The molecule has 0 aliphatic carbocycles. The molecule has 0 saturated heterocycles. The third-order valence-corrected chi connectivity index (χ3v) is 3.37. The molecular formula is C12H15Cl2N3O2. The zero-order valence-electron chi connectivity index (χ0n) is 10.4. The molecule has 1 aromatic rings. The second-order valence-electron chi connectivity index (χ2n) is 3.94. The molecule has 4 N–H and O–H groups in total. The average molecular weight is 304 g/mol. The van der Waals surface area contributed by atoms with Crippen LogP contribution in [-0.4, -0.2) is 23.0 Å². The number of amides is 1. The first kappa shape index (κ1) is 15.6. The minimum atomic E-state index is -0.544. The lowest BCUT2D eigenvalue weighted by atomic mass is 10.1. The fraction of sp³-hybridized carbons (Fsp3) is 0.333. The first-order chi connectivity index (χ1) is 9.01. The summed E-state index contributed by atoms with van der Waals surface area (Å²) in [5.41, 5.74) is 5.77. The minimum absolute atomic E-state index is 0.0478. The summed E-state index contributed by atoms with van der Waals surface area (Å²) in [5, 5.41) is 14.7. The molecule has 0 aromatic heterocycles. The fourth-order valence-electron chi connectivity index (χ4n) is 1.57. The van der Waals surface area contributed by atoms with E-state index in [0.29, 0.717) is 11.4 Å². The van der Waals surface area contributed by atoms with Crippen molar-refractivity contribution in [1.29, 1.82) is 0 Å². The lowest BCUT2D eigenvalue weighted by molar-refractivity contribution is 0.0945. The van der Waals surface area contributed by atoms with Gasteiger partial charge in [-0.15, -0.1) is 0 Å². The van der Waals surface area contributed by atoms with Gasteiger partial charge in [0.15, 0.2) is 5.84 Å². The van der Waals surface area contributed by atoms with Crippen molar-refractivity contribution in [3.8, 4) is 0 Å². The Kier molecular flexibility index (Phi) is 5.92. The smallest absolute Gasteiger partial charge is 0.253 e. The topological polar surface area (TPSA) is 87.7 Å². The highest BCUT2D eigenvalue weighted by Gasteiger charge is 2.19. The minimum Gasteiger partial charge on any atom is -0.409 e. The van der Waals surface area contributed by atoms with E-state index in [1.807, 2.05) is 6.92 Å². The van der Waals surface area contributed by atoms with Crippen LogP contribution < -0.4 is 11.1 Å². The van der Waals surface area contributed by atoms with E-state index < -0.39 is 11.9 Å². The van der Waals surface area contributed by atoms with E-state index in [0.717, 1.165) is 6.42 Å². The standard InChI is InChI=1S/C12H15Cl2N3O2/c1-2-4-9(11(15)17-19)16-12(18)7-5-3-6-8(13)10(7)14/h3,5-6,9,19H,2,4H2,1H3,(H2,15,17)(H,16,18). The van der Waals surface area contributed by atoms with Gasteiger partial charge in [-0.2, -0.15) is 0 Å². The van der Waals surface area contributed by atoms with Crippen LogP contribution in [0.5, 0.6) is 0 Å². The number of amidine groups is 1. The lowest BCUT2D eigenvalue weighted by Gasteiger charge is -2.17. The summed E-state index contributed by atoms with van der Waals surface area (Å²) in [6.45, 7) is 1.93. The maximum Gasteiger partial charge on any atom is 0.253 e. The van der Waals surface area contributed by atoms with E-state index >= 15 is 0 Å². The van der Waals surface area contributed by atoms with Crippen LogP contribution in [0.1, 0.15) is 30.1 Å². The molecule has 0 heterocycles. The van der Waals surface area contributed by atoms with Crippen molar-refractivity contribution >= 4 is 34.9 Å². The van der Waals surface area contributed by atoms with Crippen molar-refractivity contribution in [2.75, 3.05) is 0 Å². The van der Waals surface area contributed by atoms with Gasteiger partial charge in [0.1, 0.15) is 0 Å². The van der Waals surface area contributed by atoms with Crippen LogP contribution in [0, 0.1) is 0 Å². The number of carbonyl (C=O) groups excluding carboxylic acids is 1. The Bertz CT molecular complexity index is 492. The lowest BCUT2D eigenvalue weighted by Crippen LogP contribution is -2.44. The van der Waals surface area contributed by atoms with Crippen LogP contribution in [0.25, 0.3) is 0 Å². The first-order valence-corrected chi connectivity index (χ1v) is 6.49. The summed E-state index contributed by atoms with van der Waals surface area (Å²) >= 11 is 11.8. The zero-order valence-corrected chi connectivity index (χ0v) is 11.9. The molecule has 0 saturated carbocycles. The molecule has 1 atom stereocenters. The van der Waals surface area contributed by atoms with Gasteiger partial charge in [-0.1, -0.05) is 47.8 Å². The molecule has 7 heteroatoms. The molecule has 1 unspecified atom stereocenters. The summed E-state index contributed by atoms with van der Waals surface area (Å²) < 4.78 is 0.